The lowest BCUT2D eigenvalue weighted by atomic mass is 10.0. The summed E-state index contributed by atoms with van der Waals surface area (Å²) in [5.41, 5.74) is 9.39. The van der Waals surface area contributed by atoms with Gasteiger partial charge in [-0.1, -0.05) is 18.2 Å². The predicted molar refractivity (Wildman–Crippen MR) is 89.2 cm³/mol. The Morgan fingerprint density at radius 1 is 1.00 bits per heavy atom. The molecule has 1 aromatic heterocycles. The van der Waals surface area contributed by atoms with Gasteiger partial charge in [-0.2, -0.15) is 0 Å². The molecule has 1 unspecified atom stereocenters. The normalized spacial score (nSPS) is 12.5. The van der Waals surface area contributed by atoms with Crippen molar-refractivity contribution in [2.24, 2.45) is 5.73 Å². The monoisotopic (exact) mass is 295 g/mol. The zero-order valence-electron chi connectivity index (χ0n) is 13.0. The molecule has 0 saturated carbocycles. The molecule has 3 aromatic rings. The van der Waals surface area contributed by atoms with Crippen LogP contribution in [-0.2, 0) is 12.8 Å². The second-order valence-electron chi connectivity index (χ2n) is 5.66. The summed E-state index contributed by atoms with van der Waals surface area (Å²) in [5, 5.41) is 1.12. The number of nitrogens with two attached hydrogens (primary N) is 1. The summed E-state index contributed by atoms with van der Waals surface area (Å²) in [6, 6.07) is 16.5. The van der Waals surface area contributed by atoms with E-state index in [-0.39, 0.29) is 6.04 Å². The molecule has 0 radical (unpaired) electrons. The maximum absolute atomic E-state index is 5.87. The zero-order valence-corrected chi connectivity index (χ0v) is 13.0. The lowest BCUT2D eigenvalue weighted by Crippen LogP contribution is -2.02. The Hall–Kier alpha value is -2.26. The molecule has 2 aromatic carbocycles. The van der Waals surface area contributed by atoms with Crippen molar-refractivity contribution < 1.29 is 9.15 Å². The van der Waals surface area contributed by atoms with Gasteiger partial charge in [0, 0.05) is 5.39 Å². The van der Waals surface area contributed by atoms with E-state index in [0.29, 0.717) is 0 Å². The van der Waals surface area contributed by atoms with Crippen LogP contribution < -0.4 is 10.5 Å². The minimum absolute atomic E-state index is 0.0739. The fraction of sp³-hybridized carbons (Fsp3) is 0.263. The standard InChI is InChI=1S/C19H21NO2/c1-13(20)19-12-16-11-15(7-10-18(16)22-19)4-3-14-5-8-17(21-2)9-6-14/h5-13H,3-4,20H2,1-2H3. The van der Waals surface area contributed by atoms with Crippen molar-refractivity contribution in [2.75, 3.05) is 7.11 Å². The number of rotatable bonds is 5. The summed E-state index contributed by atoms with van der Waals surface area (Å²) in [5.74, 6) is 1.73. The third-order valence-electron chi connectivity index (χ3n) is 3.91. The minimum atomic E-state index is -0.0739. The molecule has 1 heterocycles. The van der Waals surface area contributed by atoms with E-state index in [9.17, 15) is 0 Å². The summed E-state index contributed by atoms with van der Waals surface area (Å²) in [7, 11) is 1.69. The molecule has 3 rings (SSSR count). The highest BCUT2D eigenvalue weighted by Gasteiger charge is 2.08. The molecule has 114 valence electrons. The third-order valence-corrected chi connectivity index (χ3v) is 3.91. The van der Waals surface area contributed by atoms with E-state index in [1.54, 1.807) is 7.11 Å². The molecule has 0 bridgehead atoms. The summed E-state index contributed by atoms with van der Waals surface area (Å²) >= 11 is 0. The Morgan fingerprint density at radius 2 is 1.68 bits per heavy atom. The van der Waals surface area contributed by atoms with Gasteiger partial charge in [0.15, 0.2) is 0 Å². The average Bonchev–Trinajstić information content (AvgIpc) is 2.97. The van der Waals surface area contributed by atoms with Gasteiger partial charge in [0.25, 0.3) is 0 Å². The van der Waals surface area contributed by atoms with Gasteiger partial charge in [-0.15, -0.1) is 0 Å². The van der Waals surface area contributed by atoms with Crippen molar-refractivity contribution in [3.05, 3.63) is 65.4 Å². The number of hydrogen-bond acceptors (Lipinski definition) is 3. The third kappa shape index (κ3) is 3.15. The van der Waals surface area contributed by atoms with Crippen LogP contribution in [0.5, 0.6) is 5.75 Å². The molecule has 2 N–H and O–H groups in total. The maximum Gasteiger partial charge on any atom is 0.134 e. The van der Waals surface area contributed by atoms with E-state index in [1.807, 2.05) is 31.2 Å². The summed E-state index contributed by atoms with van der Waals surface area (Å²) in [6.07, 6.45) is 2.01. The van der Waals surface area contributed by atoms with Crippen LogP contribution in [-0.4, -0.2) is 7.11 Å². The SMILES string of the molecule is COc1ccc(CCc2ccc3oc(C(C)N)cc3c2)cc1. The Bertz CT molecular complexity index is 757. The van der Waals surface area contributed by atoms with Crippen molar-refractivity contribution in [1.82, 2.24) is 0 Å². The van der Waals surface area contributed by atoms with Gasteiger partial charge in [-0.3, -0.25) is 0 Å². The quantitative estimate of drug-likeness (QED) is 0.765. The van der Waals surface area contributed by atoms with E-state index in [2.05, 4.69) is 24.3 Å². The van der Waals surface area contributed by atoms with Crippen molar-refractivity contribution in [3.8, 4) is 5.75 Å². The van der Waals surface area contributed by atoms with Gasteiger partial charge >= 0.3 is 0 Å². The van der Waals surface area contributed by atoms with E-state index >= 15 is 0 Å². The number of aryl methyl sites for hydroxylation is 2. The molecule has 1 atom stereocenters. The molecule has 0 aliphatic heterocycles. The first kappa shape index (κ1) is 14.7. The number of ether oxygens (including phenoxy) is 1. The fourth-order valence-corrected chi connectivity index (χ4v) is 2.57. The number of benzene rings is 2. The highest BCUT2D eigenvalue weighted by Crippen LogP contribution is 2.24. The van der Waals surface area contributed by atoms with Crippen LogP contribution in [0.25, 0.3) is 11.0 Å². The summed E-state index contributed by atoms with van der Waals surface area (Å²) < 4.78 is 10.9. The Kier molecular flexibility index (Phi) is 4.16. The van der Waals surface area contributed by atoms with Crippen LogP contribution in [0.2, 0.25) is 0 Å². The topological polar surface area (TPSA) is 48.4 Å². The van der Waals surface area contributed by atoms with Crippen LogP contribution in [0.3, 0.4) is 0 Å². The molecular formula is C19H21NO2. The lowest BCUT2D eigenvalue weighted by molar-refractivity contribution is 0.414. The van der Waals surface area contributed by atoms with Gasteiger partial charge in [0.2, 0.25) is 0 Å². The first-order valence-corrected chi connectivity index (χ1v) is 7.56. The molecule has 0 aliphatic carbocycles. The second-order valence-corrected chi connectivity index (χ2v) is 5.66. The zero-order chi connectivity index (χ0) is 15.5. The number of hydrogen-bond donors (Lipinski definition) is 1. The van der Waals surface area contributed by atoms with E-state index in [0.717, 1.165) is 35.3 Å². The first-order valence-electron chi connectivity index (χ1n) is 7.56. The van der Waals surface area contributed by atoms with Gasteiger partial charge < -0.3 is 14.9 Å². The largest absolute Gasteiger partial charge is 0.497 e. The fourth-order valence-electron chi connectivity index (χ4n) is 2.57. The maximum atomic E-state index is 5.87. The van der Waals surface area contributed by atoms with Crippen molar-refractivity contribution in [3.63, 3.8) is 0 Å². The number of fused-ring (bicyclic) bond motifs is 1. The number of methoxy groups -OCH3 is 1. The molecular weight excluding hydrogens is 274 g/mol. The summed E-state index contributed by atoms with van der Waals surface area (Å²) in [6.45, 7) is 1.93. The van der Waals surface area contributed by atoms with Crippen molar-refractivity contribution >= 4 is 11.0 Å². The van der Waals surface area contributed by atoms with Crippen LogP contribution in [0, 0.1) is 0 Å². The molecule has 0 spiro atoms. The van der Waals surface area contributed by atoms with E-state index < -0.39 is 0 Å². The van der Waals surface area contributed by atoms with Crippen molar-refractivity contribution in [2.45, 2.75) is 25.8 Å². The average molecular weight is 295 g/mol. The lowest BCUT2D eigenvalue weighted by Gasteiger charge is -2.04. The van der Waals surface area contributed by atoms with Crippen LogP contribution in [0.4, 0.5) is 0 Å². The Morgan fingerprint density at radius 3 is 2.36 bits per heavy atom. The molecule has 0 aliphatic rings. The Balaban J connectivity index is 1.72. The van der Waals surface area contributed by atoms with Gasteiger partial charge in [-0.05, 0) is 61.2 Å². The van der Waals surface area contributed by atoms with Crippen LogP contribution >= 0.6 is 0 Å². The van der Waals surface area contributed by atoms with Gasteiger partial charge in [0.05, 0.1) is 13.2 Å². The molecule has 0 amide bonds. The molecule has 0 saturated heterocycles. The van der Waals surface area contributed by atoms with Crippen molar-refractivity contribution in [1.29, 1.82) is 0 Å². The molecule has 3 nitrogen and oxygen atoms in total. The van der Waals surface area contributed by atoms with Gasteiger partial charge in [-0.25, -0.2) is 0 Å². The van der Waals surface area contributed by atoms with Crippen LogP contribution in [0.15, 0.2) is 52.9 Å². The second kappa shape index (κ2) is 6.24. The van der Waals surface area contributed by atoms with E-state index in [4.69, 9.17) is 14.9 Å². The highest BCUT2D eigenvalue weighted by molar-refractivity contribution is 5.78. The first-order chi connectivity index (χ1) is 10.7. The van der Waals surface area contributed by atoms with E-state index in [1.165, 1.54) is 11.1 Å². The highest BCUT2D eigenvalue weighted by atomic mass is 16.5. The molecule has 3 heteroatoms. The number of furan rings is 1. The van der Waals surface area contributed by atoms with Crippen LogP contribution in [0.1, 0.15) is 29.9 Å². The Labute approximate surface area is 130 Å². The molecule has 0 fully saturated rings. The summed E-state index contributed by atoms with van der Waals surface area (Å²) in [4.78, 5) is 0. The minimum Gasteiger partial charge on any atom is -0.497 e. The van der Waals surface area contributed by atoms with Gasteiger partial charge in [0.1, 0.15) is 17.1 Å². The smallest absolute Gasteiger partial charge is 0.134 e. The molecule has 22 heavy (non-hydrogen) atoms. The predicted octanol–water partition coefficient (Wildman–Crippen LogP) is 4.25.